The SMILES string of the molecule is COc1cc2c(cc1OC(=O)c1ccnc3ccccc13)Cc1cc(OC)c(OC(=O)c3ccnc4ccccc34)cc1Cc1cc(OC)c(OC(=O)c3ccnc4ccccc34)cc1C2. The van der Waals surface area contributed by atoms with Crippen molar-refractivity contribution in [1.29, 1.82) is 0 Å². The molecule has 0 aliphatic heterocycles. The molecule has 0 N–H and O–H groups in total. The molecule has 0 spiro atoms. The number of rotatable bonds is 9. The lowest BCUT2D eigenvalue weighted by atomic mass is 9.94. The Balaban J connectivity index is 1.09. The monoisotopic (exact) mass is 873 g/mol. The largest absolute Gasteiger partial charge is 0.493 e. The molecule has 3 heterocycles. The van der Waals surface area contributed by atoms with Gasteiger partial charge in [0, 0.05) is 34.7 Å². The average Bonchev–Trinajstić information content (AvgIpc) is 3.40. The molecule has 1 aliphatic rings. The molecule has 3 aromatic heterocycles. The number of carbonyl (C=O) groups is 3. The summed E-state index contributed by atoms with van der Waals surface area (Å²) >= 11 is 0. The third kappa shape index (κ3) is 7.85. The molecular weight excluding hydrogens is 835 g/mol. The van der Waals surface area contributed by atoms with Gasteiger partial charge in [-0.25, -0.2) is 14.4 Å². The first kappa shape index (κ1) is 41.4. The van der Waals surface area contributed by atoms with E-state index in [9.17, 15) is 14.4 Å². The molecule has 0 radical (unpaired) electrons. The highest BCUT2D eigenvalue weighted by Gasteiger charge is 2.26. The number of ether oxygens (including phenoxy) is 6. The number of pyridine rings is 3. The van der Waals surface area contributed by atoms with Gasteiger partial charge in [0.25, 0.3) is 0 Å². The summed E-state index contributed by atoms with van der Waals surface area (Å²) in [5.41, 5.74) is 8.08. The van der Waals surface area contributed by atoms with Crippen LogP contribution in [0.3, 0.4) is 0 Å². The summed E-state index contributed by atoms with van der Waals surface area (Å²) in [7, 11) is 4.56. The number of hydrogen-bond donors (Lipinski definition) is 0. The zero-order chi connectivity index (χ0) is 45.3. The number of benzene rings is 6. The van der Waals surface area contributed by atoms with E-state index in [1.165, 1.54) is 21.3 Å². The summed E-state index contributed by atoms with van der Waals surface area (Å²) in [6.07, 6.45) is 5.81. The van der Waals surface area contributed by atoms with Crippen LogP contribution >= 0.6 is 0 Å². The molecule has 1 aliphatic carbocycles. The Kier molecular flexibility index (Phi) is 11.0. The Morgan fingerprint density at radius 2 is 0.621 bits per heavy atom. The van der Waals surface area contributed by atoms with Crippen molar-refractivity contribution in [3.05, 3.63) is 196 Å². The van der Waals surface area contributed by atoms with Crippen molar-refractivity contribution in [2.75, 3.05) is 21.3 Å². The molecule has 0 atom stereocenters. The third-order valence-electron chi connectivity index (χ3n) is 11.8. The van der Waals surface area contributed by atoms with E-state index in [1.54, 1.807) is 36.8 Å². The van der Waals surface area contributed by atoms with E-state index >= 15 is 0 Å². The Morgan fingerprint density at radius 1 is 0.364 bits per heavy atom. The Labute approximate surface area is 378 Å². The van der Waals surface area contributed by atoms with Gasteiger partial charge in [0.2, 0.25) is 0 Å². The molecule has 0 fully saturated rings. The first-order valence-corrected chi connectivity index (χ1v) is 21.1. The Bertz CT molecular complexity index is 3050. The summed E-state index contributed by atoms with van der Waals surface area (Å²) in [6.45, 7) is 0. The highest BCUT2D eigenvalue weighted by Crippen LogP contribution is 2.42. The topological polar surface area (TPSA) is 145 Å². The van der Waals surface area contributed by atoms with E-state index in [0.717, 1.165) is 33.4 Å². The molecule has 324 valence electrons. The van der Waals surface area contributed by atoms with Crippen LogP contribution in [0.4, 0.5) is 0 Å². The lowest BCUT2D eigenvalue weighted by molar-refractivity contribution is 0.0722. The van der Waals surface area contributed by atoms with E-state index in [2.05, 4.69) is 15.0 Å². The van der Waals surface area contributed by atoms with E-state index in [0.29, 0.717) is 85.9 Å². The first-order valence-electron chi connectivity index (χ1n) is 21.1. The number of aromatic nitrogens is 3. The van der Waals surface area contributed by atoms with Gasteiger partial charge in [-0.2, -0.15) is 0 Å². The minimum atomic E-state index is -0.573. The zero-order valence-corrected chi connectivity index (χ0v) is 36.0. The number of carbonyl (C=O) groups excluding carboxylic acids is 3. The molecule has 6 aromatic carbocycles. The van der Waals surface area contributed by atoms with Crippen molar-refractivity contribution < 1.29 is 42.8 Å². The maximum atomic E-state index is 13.9. The van der Waals surface area contributed by atoms with Crippen LogP contribution in [0.5, 0.6) is 34.5 Å². The molecule has 0 amide bonds. The normalized spacial score (nSPS) is 11.9. The molecule has 10 rings (SSSR count). The van der Waals surface area contributed by atoms with Gasteiger partial charge in [-0.1, -0.05) is 54.6 Å². The standard InChI is InChI=1S/C54H39N3O9/c1-61-46-25-31-22-35-29-50(65-53(59)41-17-20-56-44-14-8-5-11-38(41)44)48(63-3)27-33(35)24-36-30-51(66-54(60)42-18-21-57-45-15-9-6-12-39(42)45)47(62-2)26-32(36)23-34(31)28-49(46)64-52(58)40-16-19-55-43-13-7-4-10-37(40)43/h4-21,25-30H,22-24H2,1-3H3. The summed E-state index contributed by atoms with van der Waals surface area (Å²) in [4.78, 5) is 55.0. The summed E-state index contributed by atoms with van der Waals surface area (Å²) in [6, 6.07) is 38.0. The van der Waals surface area contributed by atoms with Crippen LogP contribution in [0.1, 0.15) is 64.5 Å². The van der Waals surface area contributed by atoms with Gasteiger partial charge in [0.1, 0.15) is 0 Å². The molecule has 12 nitrogen and oxygen atoms in total. The van der Waals surface area contributed by atoms with E-state index in [1.807, 2.05) is 109 Å². The van der Waals surface area contributed by atoms with Crippen molar-refractivity contribution in [1.82, 2.24) is 15.0 Å². The smallest absolute Gasteiger partial charge is 0.344 e. The van der Waals surface area contributed by atoms with Gasteiger partial charge < -0.3 is 28.4 Å². The van der Waals surface area contributed by atoms with Crippen LogP contribution in [0, 0.1) is 0 Å². The molecule has 0 saturated heterocycles. The lowest BCUT2D eigenvalue weighted by Gasteiger charge is -2.18. The maximum Gasteiger partial charge on any atom is 0.344 e. The summed E-state index contributed by atoms with van der Waals surface area (Å²) < 4.78 is 36.1. The van der Waals surface area contributed by atoms with Crippen LogP contribution in [0.25, 0.3) is 32.7 Å². The van der Waals surface area contributed by atoms with Gasteiger partial charge >= 0.3 is 17.9 Å². The second-order valence-electron chi connectivity index (χ2n) is 15.6. The maximum absolute atomic E-state index is 13.9. The van der Waals surface area contributed by atoms with Gasteiger partial charge in [-0.05, 0) is 125 Å². The lowest BCUT2D eigenvalue weighted by Crippen LogP contribution is -2.12. The molecule has 66 heavy (non-hydrogen) atoms. The van der Waals surface area contributed by atoms with Crippen molar-refractivity contribution >= 4 is 50.6 Å². The zero-order valence-electron chi connectivity index (χ0n) is 36.0. The first-order chi connectivity index (χ1) is 32.3. The number of esters is 3. The molecule has 0 bridgehead atoms. The fourth-order valence-corrected chi connectivity index (χ4v) is 8.54. The summed E-state index contributed by atoms with van der Waals surface area (Å²) in [5, 5.41) is 1.96. The molecule has 0 saturated carbocycles. The number of fused-ring (bicyclic) bond motifs is 6. The molecule has 12 heteroatoms. The fourth-order valence-electron chi connectivity index (χ4n) is 8.54. The second-order valence-corrected chi connectivity index (χ2v) is 15.6. The minimum absolute atomic E-state index is 0.221. The Hall–Kier alpha value is -8.64. The number of hydrogen-bond acceptors (Lipinski definition) is 12. The van der Waals surface area contributed by atoms with Crippen LogP contribution in [0.15, 0.2) is 146 Å². The van der Waals surface area contributed by atoms with Gasteiger partial charge in [0.05, 0.1) is 54.6 Å². The Morgan fingerprint density at radius 3 is 0.894 bits per heavy atom. The van der Waals surface area contributed by atoms with Crippen LogP contribution in [0.2, 0.25) is 0 Å². The number of methoxy groups -OCH3 is 3. The average molecular weight is 874 g/mol. The summed E-state index contributed by atoms with van der Waals surface area (Å²) in [5.74, 6) is -0.0273. The van der Waals surface area contributed by atoms with Crippen molar-refractivity contribution in [3.8, 4) is 34.5 Å². The van der Waals surface area contributed by atoms with E-state index in [4.69, 9.17) is 28.4 Å². The third-order valence-corrected chi connectivity index (χ3v) is 11.8. The van der Waals surface area contributed by atoms with Gasteiger partial charge in [-0.3, -0.25) is 15.0 Å². The van der Waals surface area contributed by atoms with E-state index < -0.39 is 17.9 Å². The second kappa shape index (κ2) is 17.5. The molecule has 0 unspecified atom stereocenters. The fraction of sp³-hybridized carbons (Fsp3) is 0.111. The quantitative estimate of drug-likeness (QED) is 0.101. The van der Waals surface area contributed by atoms with Gasteiger partial charge in [0.15, 0.2) is 34.5 Å². The van der Waals surface area contributed by atoms with Crippen molar-refractivity contribution in [2.45, 2.75) is 19.3 Å². The minimum Gasteiger partial charge on any atom is -0.493 e. The highest BCUT2D eigenvalue weighted by molar-refractivity contribution is 6.06. The van der Waals surface area contributed by atoms with Crippen molar-refractivity contribution in [3.63, 3.8) is 0 Å². The predicted octanol–water partition coefficient (Wildman–Crippen LogP) is 10.1. The predicted molar refractivity (Wildman–Crippen MR) is 248 cm³/mol. The van der Waals surface area contributed by atoms with Crippen molar-refractivity contribution in [2.24, 2.45) is 0 Å². The molecular formula is C54H39N3O9. The van der Waals surface area contributed by atoms with Crippen LogP contribution < -0.4 is 28.4 Å². The van der Waals surface area contributed by atoms with E-state index in [-0.39, 0.29) is 17.2 Å². The number of nitrogens with zero attached hydrogens (tertiary/aromatic N) is 3. The number of para-hydroxylation sites is 3. The highest BCUT2D eigenvalue weighted by atomic mass is 16.6. The van der Waals surface area contributed by atoms with Crippen LogP contribution in [-0.4, -0.2) is 54.2 Å². The van der Waals surface area contributed by atoms with Crippen LogP contribution in [-0.2, 0) is 19.3 Å². The molecule has 9 aromatic rings. The van der Waals surface area contributed by atoms with Gasteiger partial charge in [-0.15, -0.1) is 0 Å².